The predicted octanol–water partition coefficient (Wildman–Crippen LogP) is 4.02. The molecule has 0 heteroatoms. The van der Waals surface area contributed by atoms with Crippen molar-refractivity contribution in [3.63, 3.8) is 0 Å². The first kappa shape index (κ1) is 10.7. The fourth-order valence-corrected chi connectivity index (χ4v) is 1.86. The highest BCUT2D eigenvalue weighted by Crippen LogP contribution is 2.25. The van der Waals surface area contributed by atoms with Crippen LogP contribution in [0.25, 0.3) is 0 Å². The molecule has 0 aromatic rings. The molecular weight excluding hydrogens is 132 g/mol. The minimum Gasteiger partial charge on any atom is -0.0767 e. The van der Waals surface area contributed by atoms with Crippen molar-refractivity contribution < 1.29 is 0 Å². The smallest absolute Gasteiger partial charge is 0.0229 e. The van der Waals surface area contributed by atoms with Gasteiger partial charge in [-0.1, -0.05) is 38.8 Å². The Hall–Kier alpha value is -0.260. The quantitative estimate of drug-likeness (QED) is 0.538. The van der Waals surface area contributed by atoms with Gasteiger partial charge in [-0.3, -0.25) is 0 Å². The summed E-state index contributed by atoms with van der Waals surface area (Å²) in [5.41, 5.74) is 3.15. The lowest BCUT2D eigenvalue weighted by Crippen LogP contribution is -2.06. The van der Waals surface area contributed by atoms with Gasteiger partial charge in [-0.2, -0.15) is 0 Å². The van der Waals surface area contributed by atoms with Crippen molar-refractivity contribution in [1.29, 1.82) is 0 Å². The summed E-state index contributed by atoms with van der Waals surface area (Å²) in [6, 6.07) is 0. The maximum absolute atomic E-state index is 2.32. The molecule has 0 aliphatic carbocycles. The van der Waals surface area contributed by atoms with Gasteiger partial charge in [0, 0.05) is 0 Å². The van der Waals surface area contributed by atoms with Gasteiger partial charge in [0.15, 0.2) is 0 Å². The van der Waals surface area contributed by atoms with Crippen LogP contribution in [0.1, 0.15) is 48.0 Å². The van der Waals surface area contributed by atoms with Gasteiger partial charge in [-0.05, 0) is 32.1 Å². The lowest BCUT2D eigenvalue weighted by molar-refractivity contribution is 0.560. The molecule has 11 heavy (non-hydrogen) atoms. The summed E-state index contributed by atoms with van der Waals surface area (Å²) in [5.74, 6) is 1.48. The van der Waals surface area contributed by atoms with E-state index in [4.69, 9.17) is 0 Å². The Labute approximate surface area is 71.7 Å². The minimum atomic E-state index is 0.718. The fraction of sp³-hybridized carbons (Fsp3) is 0.818. The van der Waals surface area contributed by atoms with E-state index in [-0.39, 0.29) is 0 Å². The number of rotatable bonds is 3. The molecule has 0 saturated carbocycles. The van der Waals surface area contributed by atoms with Crippen LogP contribution >= 0.6 is 0 Å². The molecule has 0 fully saturated rings. The third-order valence-electron chi connectivity index (χ3n) is 2.34. The first-order valence-electron chi connectivity index (χ1n) is 4.67. The number of hydrogen-bond donors (Lipinski definition) is 0. The van der Waals surface area contributed by atoms with Gasteiger partial charge in [0.2, 0.25) is 0 Å². The molecule has 66 valence electrons. The lowest BCUT2D eigenvalue weighted by Gasteiger charge is -2.20. The van der Waals surface area contributed by atoms with Gasteiger partial charge in [0.05, 0.1) is 0 Å². The van der Waals surface area contributed by atoms with Crippen LogP contribution in [-0.2, 0) is 0 Å². The topological polar surface area (TPSA) is 0 Å². The Kier molecular flexibility index (Phi) is 4.48. The van der Waals surface area contributed by atoms with Crippen molar-refractivity contribution in [1.82, 2.24) is 0 Å². The molecule has 0 aliphatic heterocycles. The summed E-state index contributed by atoms with van der Waals surface area (Å²) in [6.45, 7) is 13.6. The largest absolute Gasteiger partial charge is 0.0767 e. The molecule has 0 aromatic heterocycles. The molecule has 1 unspecified atom stereocenters. The summed E-state index contributed by atoms with van der Waals surface area (Å²) < 4.78 is 0. The maximum atomic E-state index is 2.32. The second-order valence-electron chi connectivity index (χ2n) is 3.92. The van der Waals surface area contributed by atoms with Crippen LogP contribution in [-0.4, -0.2) is 0 Å². The van der Waals surface area contributed by atoms with Gasteiger partial charge < -0.3 is 0 Å². The van der Waals surface area contributed by atoms with E-state index in [1.54, 1.807) is 5.57 Å². The van der Waals surface area contributed by atoms with E-state index in [9.17, 15) is 0 Å². The molecule has 0 aliphatic rings. The van der Waals surface area contributed by atoms with Crippen molar-refractivity contribution >= 4 is 0 Å². The maximum Gasteiger partial charge on any atom is -0.0229 e. The lowest BCUT2D eigenvalue weighted by atomic mass is 9.86. The van der Waals surface area contributed by atoms with Crippen molar-refractivity contribution in [2.45, 2.75) is 48.0 Å². The van der Waals surface area contributed by atoms with E-state index in [0.717, 1.165) is 11.8 Å². The second-order valence-corrected chi connectivity index (χ2v) is 3.92. The summed E-state index contributed by atoms with van der Waals surface area (Å²) in [7, 11) is 0. The molecule has 0 N–H and O–H groups in total. The Morgan fingerprint density at radius 3 is 1.64 bits per heavy atom. The Morgan fingerprint density at radius 1 is 1.09 bits per heavy atom. The highest BCUT2D eigenvalue weighted by molar-refractivity contribution is 5.14. The zero-order valence-electron chi connectivity index (χ0n) is 8.86. The average molecular weight is 154 g/mol. The van der Waals surface area contributed by atoms with Gasteiger partial charge in [0.25, 0.3) is 0 Å². The molecule has 0 aromatic carbocycles. The van der Waals surface area contributed by atoms with Crippen molar-refractivity contribution in [2.75, 3.05) is 0 Å². The van der Waals surface area contributed by atoms with Gasteiger partial charge in [-0.25, -0.2) is 0 Å². The van der Waals surface area contributed by atoms with E-state index in [0.29, 0.717) is 0 Å². The number of allylic oxidation sites excluding steroid dienone is 2. The van der Waals surface area contributed by atoms with E-state index in [2.05, 4.69) is 41.5 Å². The van der Waals surface area contributed by atoms with Crippen LogP contribution in [0.15, 0.2) is 11.1 Å². The standard InChI is InChI=1S/C11H22/c1-7-10(6)11(8(2)3)9(4)5/h8,10H,7H2,1-6H3. The van der Waals surface area contributed by atoms with E-state index >= 15 is 0 Å². The second kappa shape index (κ2) is 4.58. The molecule has 0 radical (unpaired) electrons. The summed E-state index contributed by atoms with van der Waals surface area (Å²) in [4.78, 5) is 0. The summed E-state index contributed by atoms with van der Waals surface area (Å²) in [5, 5.41) is 0. The summed E-state index contributed by atoms with van der Waals surface area (Å²) >= 11 is 0. The van der Waals surface area contributed by atoms with Gasteiger partial charge >= 0.3 is 0 Å². The minimum absolute atomic E-state index is 0.718. The molecule has 0 saturated heterocycles. The SMILES string of the molecule is CCC(C)C(=C(C)C)C(C)C. The van der Waals surface area contributed by atoms with E-state index < -0.39 is 0 Å². The van der Waals surface area contributed by atoms with Crippen molar-refractivity contribution in [3.8, 4) is 0 Å². The van der Waals surface area contributed by atoms with E-state index in [1.165, 1.54) is 12.0 Å². The van der Waals surface area contributed by atoms with Crippen LogP contribution in [0.5, 0.6) is 0 Å². The Balaban J connectivity index is 4.49. The monoisotopic (exact) mass is 154 g/mol. The highest BCUT2D eigenvalue weighted by Gasteiger charge is 2.11. The Morgan fingerprint density at radius 2 is 1.55 bits per heavy atom. The zero-order chi connectivity index (χ0) is 9.02. The molecule has 0 bridgehead atoms. The fourth-order valence-electron chi connectivity index (χ4n) is 1.86. The zero-order valence-corrected chi connectivity index (χ0v) is 8.86. The van der Waals surface area contributed by atoms with Crippen LogP contribution in [0.2, 0.25) is 0 Å². The highest BCUT2D eigenvalue weighted by atomic mass is 14.2. The molecule has 1 atom stereocenters. The number of hydrogen-bond acceptors (Lipinski definition) is 0. The molecule has 0 nitrogen and oxygen atoms in total. The van der Waals surface area contributed by atoms with Crippen LogP contribution in [0.3, 0.4) is 0 Å². The molecule has 0 spiro atoms. The molecule has 0 rings (SSSR count). The van der Waals surface area contributed by atoms with Crippen LogP contribution < -0.4 is 0 Å². The average Bonchev–Trinajstić information content (AvgIpc) is 1.85. The molecule has 0 amide bonds. The third-order valence-corrected chi connectivity index (χ3v) is 2.34. The predicted molar refractivity (Wildman–Crippen MR) is 52.7 cm³/mol. The summed E-state index contributed by atoms with van der Waals surface area (Å²) in [6.07, 6.45) is 1.26. The van der Waals surface area contributed by atoms with Crippen LogP contribution in [0.4, 0.5) is 0 Å². The van der Waals surface area contributed by atoms with Crippen molar-refractivity contribution in [2.24, 2.45) is 11.8 Å². The third kappa shape index (κ3) is 3.09. The first-order valence-corrected chi connectivity index (χ1v) is 4.67. The van der Waals surface area contributed by atoms with Crippen LogP contribution in [0, 0.1) is 11.8 Å². The van der Waals surface area contributed by atoms with Gasteiger partial charge in [-0.15, -0.1) is 0 Å². The molecule has 0 heterocycles. The van der Waals surface area contributed by atoms with Gasteiger partial charge in [0.1, 0.15) is 0 Å². The normalized spacial score (nSPS) is 13.4. The van der Waals surface area contributed by atoms with Crippen molar-refractivity contribution in [3.05, 3.63) is 11.1 Å². The Bertz CT molecular complexity index is 136. The van der Waals surface area contributed by atoms with E-state index in [1.807, 2.05) is 0 Å². The first-order chi connectivity index (χ1) is 5.00. The molecular formula is C11H22.